The largest absolute Gasteiger partial charge is 0.495 e. The highest BCUT2D eigenvalue weighted by molar-refractivity contribution is 7.18. The molecule has 32 heavy (non-hydrogen) atoms. The van der Waals surface area contributed by atoms with E-state index in [9.17, 15) is 4.79 Å². The Bertz CT molecular complexity index is 1100. The smallest absolute Gasteiger partial charge is 0.258 e. The predicted molar refractivity (Wildman–Crippen MR) is 134 cm³/mol. The molecule has 10 heteroatoms. The van der Waals surface area contributed by atoms with Gasteiger partial charge in [-0.1, -0.05) is 37.0 Å². The number of hydrogen-bond donors (Lipinski definition) is 2. The van der Waals surface area contributed by atoms with E-state index >= 15 is 0 Å². The summed E-state index contributed by atoms with van der Waals surface area (Å²) in [5, 5.41) is 8.59. The minimum Gasteiger partial charge on any atom is -0.495 e. The van der Waals surface area contributed by atoms with E-state index in [1.807, 2.05) is 6.92 Å². The fourth-order valence-corrected chi connectivity index (χ4v) is 4.85. The lowest BCUT2D eigenvalue weighted by atomic mass is 10.2. The highest BCUT2D eigenvalue weighted by Crippen LogP contribution is 2.40. The monoisotopic (exact) mass is 495 g/mol. The second-order valence-corrected chi connectivity index (χ2v) is 8.84. The third-order valence-electron chi connectivity index (χ3n) is 5.24. The number of nitrogens with one attached hydrogen (secondary N) is 2. The molecule has 0 aliphatic heterocycles. The number of fused-ring (bicyclic) bond motifs is 1. The normalized spacial score (nSPS) is 11.2. The minimum atomic E-state index is -0.348. The molecule has 1 amide bonds. The highest BCUT2D eigenvalue weighted by atomic mass is 35.5. The van der Waals surface area contributed by atoms with Gasteiger partial charge in [-0.25, -0.2) is 9.97 Å². The van der Waals surface area contributed by atoms with E-state index in [1.54, 1.807) is 11.4 Å². The molecule has 0 unspecified atom stereocenters. The first kappa shape index (κ1) is 24.5. The maximum Gasteiger partial charge on any atom is 0.258 e. The van der Waals surface area contributed by atoms with Crippen molar-refractivity contribution in [2.24, 2.45) is 0 Å². The molecule has 0 radical (unpaired) electrons. The average molecular weight is 496 g/mol. The summed E-state index contributed by atoms with van der Waals surface area (Å²) in [6, 6.07) is 1.73. The summed E-state index contributed by atoms with van der Waals surface area (Å²) in [6.07, 6.45) is 2.46. The lowest BCUT2D eigenvalue weighted by Gasteiger charge is -2.17. The number of benzene rings is 1. The molecule has 0 saturated carbocycles. The Morgan fingerprint density at radius 1 is 1.22 bits per heavy atom. The van der Waals surface area contributed by atoms with Crippen molar-refractivity contribution in [3.05, 3.63) is 38.9 Å². The van der Waals surface area contributed by atoms with Gasteiger partial charge in [0.15, 0.2) is 0 Å². The van der Waals surface area contributed by atoms with Crippen LogP contribution < -0.4 is 15.4 Å². The van der Waals surface area contributed by atoms with Gasteiger partial charge in [-0.3, -0.25) is 4.79 Å². The third kappa shape index (κ3) is 5.26. The van der Waals surface area contributed by atoms with Gasteiger partial charge in [0.25, 0.3) is 5.91 Å². The molecular formula is C22H27Cl2N5O2S. The maximum atomic E-state index is 13.1. The first-order valence-corrected chi connectivity index (χ1v) is 12.1. The number of thiophene rings is 1. The average Bonchev–Trinajstić information content (AvgIpc) is 3.24. The zero-order valence-corrected chi connectivity index (χ0v) is 20.9. The van der Waals surface area contributed by atoms with Gasteiger partial charge in [-0.2, -0.15) is 0 Å². The number of anilines is 2. The topological polar surface area (TPSA) is 79.4 Å². The Kier molecular flexibility index (Phi) is 8.53. The van der Waals surface area contributed by atoms with E-state index in [2.05, 4.69) is 39.3 Å². The van der Waals surface area contributed by atoms with E-state index in [1.165, 1.54) is 24.8 Å². The molecule has 2 aromatic heterocycles. The number of hydrogen-bond acceptors (Lipinski definition) is 7. The van der Waals surface area contributed by atoms with Crippen molar-refractivity contribution in [2.75, 3.05) is 43.9 Å². The first-order valence-electron chi connectivity index (χ1n) is 10.4. The van der Waals surface area contributed by atoms with Crippen LogP contribution in [0, 0.1) is 6.92 Å². The summed E-state index contributed by atoms with van der Waals surface area (Å²) in [7, 11) is 1.51. The summed E-state index contributed by atoms with van der Waals surface area (Å²) in [5.74, 6) is 0.823. The van der Waals surface area contributed by atoms with Crippen LogP contribution in [0.1, 0.15) is 36.2 Å². The lowest BCUT2D eigenvalue weighted by molar-refractivity contribution is 0.102. The minimum absolute atomic E-state index is 0.251. The predicted octanol–water partition coefficient (Wildman–Crippen LogP) is 5.71. The van der Waals surface area contributed by atoms with Gasteiger partial charge in [0.05, 0.1) is 33.6 Å². The molecule has 2 N–H and O–H groups in total. The van der Waals surface area contributed by atoms with Crippen LogP contribution in [-0.4, -0.2) is 54.1 Å². The number of ether oxygens (including phenoxy) is 1. The highest BCUT2D eigenvalue weighted by Gasteiger charge is 2.21. The quantitative estimate of drug-likeness (QED) is 0.350. The van der Waals surface area contributed by atoms with E-state index in [0.717, 1.165) is 48.7 Å². The molecule has 1 aromatic carbocycles. The van der Waals surface area contributed by atoms with Gasteiger partial charge < -0.3 is 20.3 Å². The maximum absolute atomic E-state index is 13.1. The van der Waals surface area contributed by atoms with Crippen LogP contribution in [-0.2, 0) is 0 Å². The fraction of sp³-hybridized carbons (Fsp3) is 0.409. The number of halogens is 2. The van der Waals surface area contributed by atoms with Crippen molar-refractivity contribution in [2.45, 2.75) is 27.2 Å². The number of carbonyl (C=O) groups is 1. The summed E-state index contributed by atoms with van der Waals surface area (Å²) in [5.41, 5.74) is 2.09. The van der Waals surface area contributed by atoms with Crippen LogP contribution >= 0.6 is 34.5 Å². The molecule has 0 atom stereocenters. The van der Waals surface area contributed by atoms with Gasteiger partial charge in [0, 0.05) is 11.9 Å². The standard InChI is InChI=1S/C22H27Cl2N5O2S/c1-5-29(6-2)9-7-8-25-21-20-18(26-12-27-21)14(11-32-20)22(30)28-19-16(23)13(3)10-15(31-4)17(19)24/h10-12H,5-9H2,1-4H3,(H,28,30)(H,25,26,27). The van der Waals surface area contributed by atoms with Crippen LogP contribution in [0.5, 0.6) is 5.75 Å². The fourth-order valence-electron chi connectivity index (χ4n) is 3.37. The van der Waals surface area contributed by atoms with Crippen molar-refractivity contribution in [3.8, 4) is 5.75 Å². The van der Waals surface area contributed by atoms with Crippen molar-refractivity contribution in [3.63, 3.8) is 0 Å². The lowest BCUT2D eigenvalue weighted by Crippen LogP contribution is -2.25. The Labute approximate surface area is 202 Å². The first-order chi connectivity index (χ1) is 15.4. The van der Waals surface area contributed by atoms with Crippen LogP contribution in [0.25, 0.3) is 10.2 Å². The molecule has 0 fully saturated rings. The van der Waals surface area contributed by atoms with Crippen LogP contribution in [0.3, 0.4) is 0 Å². The molecule has 0 saturated heterocycles. The summed E-state index contributed by atoms with van der Waals surface area (Å²) < 4.78 is 6.12. The van der Waals surface area contributed by atoms with Gasteiger partial charge in [-0.15, -0.1) is 11.3 Å². The van der Waals surface area contributed by atoms with Crippen molar-refractivity contribution in [1.82, 2.24) is 14.9 Å². The Balaban J connectivity index is 1.79. The molecule has 0 aliphatic rings. The van der Waals surface area contributed by atoms with E-state index in [-0.39, 0.29) is 10.9 Å². The van der Waals surface area contributed by atoms with Gasteiger partial charge in [-0.05, 0) is 44.6 Å². The molecule has 3 rings (SSSR count). The molecule has 0 spiro atoms. The van der Waals surface area contributed by atoms with E-state index < -0.39 is 0 Å². The summed E-state index contributed by atoms with van der Waals surface area (Å²) >= 11 is 14.2. The van der Waals surface area contributed by atoms with Crippen molar-refractivity contribution >= 4 is 62.2 Å². The second kappa shape index (κ2) is 11.1. The molecular weight excluding hydrogens is 469 g/mol. The van der Waals surface area contributed by atoms with Gasteiger partial charge in [0.2, 0.25) is 0 Å². The number of nitrogens with zero attached hydrogens (tertiary/aromatic N) is 3. The zero-order chi connectivity index (χ0) is 23.3. The number of methoxy groups -OCH3 is 1. The van der Waals surface area contributed by atoms with E-state index in [0.29, 0.717) is 27.5 Å². The number of aromatic nitrogens is 2. The molecule has 3 aromatic rings. The zero-order valence-electron chi connectivity index (χ0n) is 18.6. The SMILES string of the molecule is CCN(CC)CCCNc1ncnc2c(C(=O)Nc3c(Cl)c(C)cc(OC)c3Cl)csc12. The van der Waals surface area contributed by atoms with Crippen molar-refractivity contribution < 1.29 is 9.53 Å². The number of aryl methyl sites for hydroxylation is 1. The van der Waals surface area contributed by atoms with Crippen LogP contribution in [0.15, 0.2) is 17.8 Å². The Hall–Kier alpha value is -2.13. The Morgan fingerprint density at radius 3 is 2.66 bits per heavy atom. The van der Waals surface area contributed by atoms with Gasteiger partial charge in [0.1, 0.15) is 22.9 Å². The molecule has 0 bridgehead atoms. The molecule has 2 heterocycles. The molecule has 7 nitrogen and oxygen atoms in total. The summed E-state index contributed by atoms with van der Waals surface area (Å²) in [6.45, 7) is 10.0. The number of carbonyl (C=O) groups excluding carboxylic acids is 1. The second-order valence-electron chi connectivity index (χ2n) is 7.21. The van der Waals surface area contributed by atoms with Gasteiger partial charge >= 0.3 is 0 Å². The number of rotatable bonds is 10. The Morgan fingerprint density at radius 2 is 1.97 bits per heavy atom. The van der Waals surface area contributed by atoms with Crippen LogP contribution in [0.2, 0.25) is 10.0 Å². The summed E-state index contributed by atoms with van der Waals surface area (Å²) in [4.78, 5) is 24.2. The molecule has 172 valence electrons. The third-order valence-corrected chi connectivity index (χ3v) is 7.08. The van der Waals surface area contributed by atoms with Crippen molar-refractivity contribution in [1.29, 1.82) is 0 Å². The molecule has 0 aliphatic carbocycles. The van der Waals surface area contributed by atoms with Crippen LogP contribution in [0.4, 0.5) is 11.5 Å². The van der Waals surface area contributed by atoms with E-state index in [4.69, 9.17) is 27.9 Å². The number of amides is 1.